The summed E-state index contributed by atoms with van der Waals surface area (Å²) in [7, 11) is 0. The fourth-order valence-corrected chi connectivity index (χ4v) is 7.28. The zero-order valence-electron chi connectivity index (χ0n) is 13.9. The van der Waals surface area contributed by atoms with E-state index in [0.29, 0.717) is 0 Å². The second-order valence-electron chi connectivity index (χ2n) is 6.36. The molecule has 1 rings (SSSR count). The van der Waals surface area contributed by atoms with E-state index in [1.54, 1.807) is 15.8 Å². The van der Waals surface area contributed by atoms with E-state index in [-0.39, 0.29) is 0 Å². The van der Waals surface area contributed by atoms with Crippen LogP contribution in [0.5, 0.6) is 0 Å². The van der Waals surface area contributed by atoms with Gasteiger partial charge in [0.05, 0.1) is 0 Å². The van der Waals surface area contributed by atoms with Gasteiger partial charge in [-0.2, -0.15) is 0 Å². The van der Waals surface area contributed by atoms with E-state index in [2.05, 4.69) is 51.1 Å². The van der Waals surface area contributed by atoms with Crippen LogP contribution in [0, 0.1) is 5.92 Å². The monoisotopic (exact) mass is 288 g/mol. The van der Waals surface area contributed by atoms with Gasteiger partial charge >= 0.3 is 0 Å². The highest BCUT2D eigenvalue weighted by Crippen LogP contribution is 2.25. The van der Waals surface area contributed by atoms with Gasteiger partial charge in [-0.3, -0.25) is 0 Å². The molecule has 112 valence electrons. The first kappa shape index (κ1) is 17.8. The summed E-state index contributed by atoms with van der Waals surface area (Å²) in [5, 5.41) is 4.74. The molecule has 0 nitrogen and oxygen atoms in total. The van der Waals surface area contributed by atoms with Crippen LogP contribution in [0.2, 0.25) is 15.8 Å². The third-order valence-electron chi connectivity index (χ3n) is 4.44. The molecule has 0 heterocycles. The highest BCUT2D eigenvalue weighted by Gasteiger charge is 2.20. The van der Waals surface area contributed by atoms with E-state index in [9.17, 15) is 0 Å². The minimum atomic E-state index is -0.449. The van der Waals surface area contributed by atoms with Gasteiger partial charge in [-0.15, -0.1) is 0 Å². The molecule has 0 aliphatic heterocycles. The Balaban J connectivity index is 2.45. The molecule has 1 aromatic carbocycles. The number of rotatable bonds is 11. The fraction of sp³-hybridized carbons (Fsp3) is 0.684. The van der Waals surface area contributed by atoms with Crippen LogP contribution in [0.15, 0.2) is 30.3 Å². The molecule has 1 heteroatoms. The first-order valence-electron chi connectivity index (χ1n) is 8.84. The summed E-state index contributed by atoms with van der Waals surface area (Å²) in [5.41, 5.74) is 1.53. The second kappa shape index (κ2) is 11.4. The Morgan fingerprint density at radius 1 is 0.850 bits per heavy atom. The number of aryl methyl sites for hydroxylation is 1. The zero-order chi connectivity index (χ0) is 14.6. The lowest BCUT2D eigenvalue weighted by Crippen LogP contribution is -2.17. The van der Waals surface area contributed by atoms with Gasteiger partial charge in [0.25, 0.3) is 14.1 Å². The predicted octanol–water partition coefficient (Wildman–Crippen LogP) is 6.35. The third-order valence-corrected chi connectivity index (χ3v) is 8.56. The molecule has 0 bridgehead atoms. The van der Waals surface area contributed by atoms with Crippen molar-refractivity contribution in [3.63, 3.8) is 0 Å². The van der Waals surface area contributed by atoms with Crippen molar-refractivity contribution in [3.05, 3.63) is 35.9 Å². The smallest absolute Gasteiger partial charge is 0.0941 e. The van der Waals surface area contributed by atoms with Gasteiger partial charge in [0.15, 0.2) is 0 Å². The summed E-state index contributed by atoms with van der Waals surface area (Å²) in [4.78, 5) is 0. The molecule has 0 fully saturated rings. The highest BCUT2D eigenvalue weighted by molar-refractivity contribution is 6.58. The van der Waals surface area contributed by atoms with Crippen molar-refractivity contribution in [2.75, 3.05) is 0 Å². The molecule has 1 aromatic rings. The van der Waals surface area contributed by atoms with Gasteiger partial charge in [0.2, 0.25) is 0 Å². The summed E-state index contributed by atoms with van der Waals surface area (Å²) < 4.78 is 0. The summed E-state index contributed by atoms with van der Waals surface area (Å²) in [5.74, 6) is 0.995. The van der Waals surface area contributed by atoms with Crippen molar-refractivity contribution >= 4 is 14.1 Å². The van der Waals surface area contributed by atoms with Crippen LogP contribution < -0.4 is 0 Å². The maximum absolute atomic E-state index is 2.37. The lowest BCUT2D eigenvalue weighted by Gasteiger charge is -2.20. The Morgan fingerprint density at radius 3 is 2.05 bits per heavy atom. The van der Waals surface area contributed by atoms with Crippen molar-refractivity contribution in [3.8, 4) is 0 Å². The number of benzene rings is 1. The number of hydrogen-bond donors (Lipinski definition) is 0. The van der Waals surface area contributed by atoms with Crippen LogP contribution in [0.25, 0.3) is 0 Å². The van der Waals surface area contributed by atoms with Gasteiger partial charge in [-0.05, 0) is 18.4 Å². The summed E-state index contributed by atoms with van der Waals surface area (Å²) >= 11 is -0.449. The van der Waals surface area contributed by atoms with Gasteiger partial charge in [0, 0.05) is 0 Å². The molecule has 1 atom stereocenters. The Labute approximate surface area is 131 Å². The molecule has 0 N–H and O–H groups in total. The highest BCUT2D eigenvalue weighted by atomic mass is 27.2. The van der Waals surface area contributed by atoms with E-state index in [0.717, 1.165) is 5.92 Å². The predicted molar refractivity (Wildman–Crippen MR) is 93.9 cm³/mol. The lowest BCUT2D eigenvalue weighted by molar-refractivity contribution is 0.481. The normalized spacial score (nSPS) is 12.3. The minimum Gasteiger partial charge on any atom is -0.0941 e. The molecule has 0 aliphatic rings. The first-order valence-corrected chi connectivity index (χ1v) is 11.3. The summed E-state index contributed by atoms with van der Waals surface area (Å²) in [6, 6.07) is 11.1. The Hall–Kier alpha value is -0.248. The molecule has 0 aromatic heterocycles. The number of hydrogen-bond acceptors (Lipinski definition) is 0. The van der Waals surface area contributed by atoms with Crippen molar-refractivity contribution in [2.24, 2.45) is 5.92 Å². The zero-order valence-corrected chi connectivity index (χ0v) is 15.1. The van der Waals surface area contributed by atoms with Gasteiger partial charge in [-0.25, -0.2) is 0 Å². The SMILES string of the molecule is CCC[C@H](CCc1ccccc1)[CH2][Al]([CH2]CC)[CH2]CC. The van der Waals surface area contributed by atoms with Gasteiger partial charge in [0.1, 0.15) is 0 Å². The average Bonchev–Trinajstić information content (AvgIpc) is 2.46. The van der Waals surface area contributed by atoms with Crippen LogP contribution in [0.4, 0.5) is 0 Å². The first-order chi connectivity index (χ1) is 9.80. The van der Waals surface area contributed by atoms with Crippen LogP contribution >= 0.6 is 0 Å². The van der Waals surface area contributed by atoms with Crippen LogP contribution in [0.1, 0.15) is 58.4 Å². The Morgan fingerprint density at radius 2 is 1.50 bits per heavy atom. The topological polar surface area (TPSA) is 0 Å². The largest absolute Gasteiger partial charge is 0.262 e. The van der Waals surface area contributed by atoms with E-state index >= 15 is 0 Å². The molecule has 0 amide bonds. The quantitative estimate of drug-likeness (QED) is 0.416. The average molecular weight is 288 g/mol. The van der Waals surface area contributed by atoms with Crippen molar-refractivity contribution in [2.45, 2.75) is 75.1 Å². The second-order valence-corrected chi connectivity index (χ2v) is 9.72. The van der Waals surface area contributed by atoms with Crippen LogP contribution in [-0.4, -0.2) is 14.1 Å². The molecule has 20 heavy (non-hydrogen) atoms. The molecule has 0 aliphatic carbocycles. The molecule has 0 unspecified atom stereocenters. The van der Waals surface area contributed by atoms with Crippen molar-refractivity contribution in [1.82, 2.24) is 0 Å². The van der Waals surface area contributed by atoms with E-state index in [1.165, 1.54) is 44.1 Å². The van der Waals surface area contributed by atoms with Crippen molar-refractivity contribution in [1.29, 1.82) is 0 Å². The van der Waals surface area contributed by atoms with Crippen LogP contribution in [-0.2, 0) is 6.42 Å². The standard InChI is InChI=1S/C13H19.2C3H7.Al/c1-3-7-12(2)10-11-13-8-5-4-6-9-13;2*1-3-2;/h4-6,8-9,12H,2-3,7,10-11H2,1H3;2*1,3H2,2H3;/t12-;;;/m1.../s1. The Kier molecular flexibility index (Phi) is 10.2. The molecule has 0 saturated carbocycles. The maximum Gasteiger partial charge on any atom is 0.262 e. The third kappa shape index (κ3) is 7.51. The van der Waals surface area contributed by atoms with E-state index in [4.69, 9.17) is 0 Å². The molecule has 0 saturated heterocycles. The summed E-state index contributed by atoms with van der Waals surface area (Å²) in [6.45, 7) is 7.09. The fourth-order valence-electron chi connectivity index (χ4n) is 3.47. The molecule has 0 radical (unpaired) electrons. The van der Waals surface area contributed by atoms with E-state index < -0.39 is 14.1 Å². The molecular formula is C19H33Al. The Bertz CT molecular complexity index is 314. The van der Waals surface area contributed by atoms with Crippen LogP contribution in [0.3, 0.4) is 0 Å². The molecule has 0 spiro atoms. The van der Waals surface area contributed by atoms with Gasteiger partial charge in [-0.1, -0.05) is 98.6 Å². The summed E-state index contributed by atoms with van der Waals surface area (Å²) in [6.07, 6.45) is 8.32. The van der Waals surface area contributed by atoms with Gasteiger partial charge < -0.3 is 0 Å². The lowest BCUT2D eigenvalue weighted by atomic mass is 9.97. The maximum atomic E-state index is 2.37. The minimum absolute atomic E-state index is 0.449. The van der Waals surface area contributed by atoms with E-state index in [1.807, 2.05) is 0 Å². The molecular weight excluding hydrogens is 255 g/mol. The van der Waals surface area contributed by atoms with Crippen molar-refractivity contribution < 1.29 is 0 Å².